The van der Waals surface area contributed by atoms with Crippen LogP contribution in [-0.4, -0.2) is 43.9 Å². The maximum Gasteiger partial charge on any atom is 0.337 e. The zero-order valence-corrected chi connectivity index (χ0v) is 26.1. The Morgan fingerprint density at radius 1 is 0.500 bits per heavy atom. The Labute approximate surface area is 244 Å². The van der Waals surface area contributed by atoms with Gasteiger partial charge in [0.1, 0.15) is 5.41 Å². The quantitative estimate of drug-likeness (QED) is 0.0659. The Morgan fingerprint density at radius 3 is 1.12 bits per heavy atom. The van der Waals surface area contributed by atoms with Crippen molar-refractivity contribution in [3.05, 3.63) is 0 Å². The molecule has 0 aliphatic carbocycles. The second kappa shape index (κ2) is 23.0. The number of carbonyl (C=O) groups is 3. The molecular weight excluding hydrogens is 508 g/mol. The fourth-order valence-electron chi connectivity index (χ4n) is 6.15. The molecule has 0 amide bonds. The van der Waals surface area contributed by atoms with E-state index in [4.69, 9.17) is 0 Å². The van der Waals surface area contributed by atoms with Gasteiger partial charge in [0.25, 0.3) is 0 Å². The van der Waals surface area contributed by atoms with Gasteiger partial charge < -0.3 is 20.4 Å². The van der Waals surface area contributed by atoms with E-state index in [-0.39, 0.29) is 19.3 Å². The summed E-state index contributed by atoms with van der Waals surface area (Å²) in [5.41, 5.74) is -4.92. The summed E-state index contributed by atoms with van der Waals surface area (Å²) < 4.78 is 0. The summed E-state index contributed by atoms with van der Waals surface area (Å²) in [6.45, 7) is 6.42. The molecule has 236 valence electrons. The molecule has 0 saturated carbocycles. The summed E-state index contributed by atoms with van der Waals surface area (Å²) in [5, 5.41) is 42.9. The fourth-order valence-corrected chi connectivity index (χ4v) is 6.15. The molecule has 0 radical (unpaired) electrons. The lowest BCUT2D eigenvalue weighted by Gasteiger charge is -2.45. The van der Waals surface area contributed by atoms with E-state index in [9.17, 15) is 34.8 Å². The van der Waals surface area contributed by atoms with Crippen molar-refractivity contribution in [3.8, 4) is 0 Å². The first-order valence-electron chi connectivity index (χ1n) is 16.6. The number of rotatable bonds is 29. The molecule has 0 fully saturated rings. The highest BCUT2D eigenvalue weighted by atomic mass is 16.4. The maximum atomic E-state index is 13.0. The Balaban J connectivity index is 5.84. The minimum Gasteiger partial charge on any atom is -0.481 e. The van der Waals surface area contributed by atoms with Crippen molar-refractivity contribution in [2.75, 3.05) is 0 Å². The topological polar surface area (TPSA) is 132 Å². The molecule has 2 atom stereocenters. The van der Waals surface area contributed by atoms with Crippen LogP contribution in [0.2, 0.25) is 0 Å². The molecular formula is C33H62O7. The van der Waals surface area contributed by atoms with E-state index in [0.29, 0.717) is 19.3 Å². The van der Waals surface area contributed by atoms with Crippen LogP contribution in [0.4, 0.5) is 0 Å². The normalized spacial score (nSPS) is 14.1. The summed E-state index contributed by atoms with van der Waals surface area (Å²) in [6, 6.07) is 0. The number of aliphatic hydroxyl groups is 1. The number of aliphatic carboxylic acids is 3. The molecule has 0 aromatic carbocycles. The van der Waals surface area contributed by atoms with Crippen LogP contribution in [0.25, 0.3) is 0 Å². The molecule has 0 aromatic rings. The second-order valence-electron chi connectivity index (χ2n) is 12.0. The minimum atomic E-state index is -2.88. The zero-order valence-electron chi connectivity index (χ0n) is 26.1. The van der Waals surface area contributed by atoms with Gasteiger partial charge in [-0.15, -0.1) is 0 Å². The predicted molar refractivity (Wildman–Crippen MR) is 162 cm³/mol. The van der Waals surface area contributed by atoms with Crippen molar-refractivity contribution in [2.45, 2.75) is 180 Å². The van der Waals surface area contributed by atoms with E-state index in [1.54, 1.807) is 0 Å². The van der Waals surface area contributed by atoms with E-state index in [2.05, 4.69) is 20.8 Å². The first-order valence-corrected chi connectivity index (χ1v) is 16.6. The molecule has 0 spiro atoms. The van der Waals surface area contributed by atoms with Gasteiger partial charge in [0.2, 0.25) is 0 Å². The molecule has 0 saturated heterocycles. The molecule has 0 aliphatic rings. The Hall–Kier alpha value is -1.63. The highest BCUT2D eigenvalue weighted by Gasteiger charge is 2.65. The molecule has 7 heteroatoms. The first kappa shape index (κ1) is 38.4. The molecule has 0 aliphatic heterocycles. The van der Waals surface area contributed by atoms with Gasteiger partial charge in [0, 0.05) is 0 Å². The summed E-state index contributed by atoms with van der Waals surface area (Å²) in [7, 11) is 0. The molecule has 0 rings (SSSR count). The Morgan fingerprint density at radius 2 is 0.825 bits per heavy atom. The van der Waals surface area contributed by atoms with Crippen LogP contribution in [0.1, 0.15) is 175 Å². The number of hydrogen-bond acceptors (Lipinski definition) is 4. The van der Waals surface area contributed by atoms with Crippen LogP contribution in [0.15, 0.2) is 0 Å². The largest absolute Gasteiger partial charge is 0.481 e. The van der Waals surface area contributed by atoms with E-state index >= 15 is 0 Å². The van der Waals surface area contributed by atoms with Crippen LogP contribution in [0.3, 0.4) is 0 Å². The van der Waals surface area contributed by atoms with Crippen molar-refractivity contribution in [2.24, 2.45) is 11.3 Å². The van der Waals surface area contributed by atoms with E-state index in [1.807, 2.05) is 0 Å². The van der Waals surface area contributed by atoms with Crippen LogP contribution < -0.4 is 0 Å². The number of hydrogen-bond donors (Lipinski definition) is 4. The highest BCUT2D eigenvalue weighted by molar-refractivity contribution is 5.93. The first-order chi connectivity index (χ1) is 19.2. The predicted octanol–water partition coefficient (Wildman–Crippen LogP) is 9.00. The zero-order chi connectivity index (χ0) is 30.3. The average Bonchev–Trinajstić information content (AvgIpc) is 2.91. The minimum absolute atomic E-state index is 0.0322. The standard InChI is InChI=1S/C33H62O7/c1-4-7-10-13-16-19-22-25-28(29(34)35)33(40,31(38)39)32(30(36)37,26-23-20-17-14-11-8-5-2)27-24-21-18-15-12-9-6-3/h28,40H,4-27H2,1-3H3,(H,34,35)(H,36,37)(H,38,39). The van der Waals surface area contributed by atoms with E-state index < -0.39 is 34.8 Å². The molecule has 0 aromatic heterocycles. The van der Waals surface area contributed by atoms with Gasteiger partial charge in [-0.3, -0.25) is 9.59 Å². The van der Waals surface area contributed by atoms with Crippen molar-refractivity contribution in [3.63, 3.8) is 0 Å². The monoisotopic (exact) mass is 570 g/mol. The molecule has 4 N–H and O–H groups in total. The molecule has 40 heavy (non-hydrogen) atoms. The fraction of sp³-hybridized carbons (Fsp3) is 0.909. The second-order valence-corrected chi connectivity index (χ2v) is 12.0. The third-order valence-electron chi connectivity index (χ3n) is 8.78. The van der Waals surface area contributed by atoms with Gasteiger partial charge >= 0.3 is 17.9 Å². The summed E-state index contributed by atoms with van der Waals surface area (Å²) in [4.78, 5) is 38.2. The lowest BCUT2D eigenvalue weighted by Crippen LogP contribution is -2.64. The van der Waals surface area contributed by atoms with Crippen LogP contribution in [-0.2, 0) is 14.4 Å². The van der Waals surface area contributed by atoms with Gasteiger partial charge in [-0.1, -0.05) is 156 Å². The summed E-state index contributed by atoms with van der Waals surface area (Å²) in [6.07, 6.45) is 19.4. The van der Waals surface area contributed by atoms with Gasteiger partial charge in [0.15, 0.2) is 5.60 Å². The third kappa shape index (κ3) is 13.4. The third-order valence-corrected chi connectivity index (χ3v) is 8.78. The smallest absolute Gasteiger partial charge is 0.337 e. The van der Waals surface area contributed by atoms with Crippen LogP contribution in [0.5, 0.6) is 0 Å². The van der Waals surface area contributed by atoms with Crippen molar-refractivity contribution < 1.29 is 34.8 Å². The van der Waals surface area contributed by atoms with Crippen molar-refractivity contribution in [1.82, 2.24) is 0 Å². The van der Waals surface area contributed by atoms with E-state index in [1.165, 1.54) is 0 Å². The molecule has 2 unspecified atom stereocenters. The van der Waals surface area contributed by atoms with Gasteiger partial charge in [-0.05, 0) is 19.3 Å². The van der Waals surface area contributed by atoms with Gasteiger partial charge in [-0.25, -0.2) is 4.79 Å². The van der Waals surface area contributed by atoms with Gasteiger partial charge in [-0.2, -0.15) is 0 Å². The van der Waals surface area contributed by atoms with Gasteiger partial charge in [0.05, 0.1) is 5.92 Å². The lowest BCUT2D eigenvalue weighted by atomic mass is 9.59. The molecule has 7 nitrogen and oxygen atoms in total. The number of carboxylic acid groups (broad SMARTS) is 3. The Bertz CT molecular complexity index is 660. The summed E-state index contributed by atoms with van der Waals surface area (Å²) in [5.74, 6) is -6.22. The van der Waals surface area contributed by atoms with Crippen LogP contribution >= 0.6 is 0 Å². The lowest BCUT2D eigenvalue weighted by molar-refractivity contribution is -0.207. The van der Waals surface area contributed by atoms with E-state index in [0.717, 1.165) is 116 Å². The molecule has 0 heterocycles. The average molecular weight is 571 g/mol. The molecule has 0 bridgehead atoms. The number of unbranched alkanes of at least 4 members (excludes halogenated alkanes) is 18. The Kier molecular flexibility index (Phi) is 22.1. The number of carboxylic acids is 3. The SMILES string of the molecule is CCCCCCCCCC(C(=O)O)C(O)(C(=O)O)C(CCCCCCCCC)(CCCCCCCCC)C(=O)O. The van der Waals surface area contributed by atoms with Crippen LogP contribution in [0, 0.1) is 11.3 Å². The van der Waals surface area contributed by atoms with Crippen molar-refractivity contribution >= 4 is 17.9 Å². The van der Waals surface area contributed by atoms with Crippen molar-refractivity contribution in [1.29, 1.82) is 0 Å². The highest BCUT2D eigenvalue weighted by Crippen LogP contribution is 2.48. The summed E-state index contributed by atoms with van der Waals surface area (Å²) >= 11 is 0. The maximum absolute atomic E-state index is 13.0.